The van der Waals surface area contributed by atoms with Crippen LogP contribution in [-0.2, 0) is 0 Å². The molecule has 0 unspecified atom stereocenters. The highest BCUT2D eigenvalue weighted by Gasteiger charge is 2.23. The second-order valence-electron chi connectivity index (χ2n) is 5.92. The summed E-state index contributed by atoms with van der Waals surface area (Å²) in [5.41, 5.74) is 0.928. The minimum absolute atomic E-state index is 0.104. The lowest BCUT2D eigenvalue weighted by atomic mass is 10.1. The maximum atomic E-state index is 12.2. The van der Waals surface area contributed by atoms with Gasteiger partial charge < -0.3 is 10.0 Å². The highest BCUT2D eigenvalue weighted by molar-refractivity contribution is 7.15. The first-order valence-corrected chi connectivity index (χ1v) is 8.87. The smallest absolute Gasteiger partial charge is 0.323 e. The molecule has 1 aromatic carbocycles. The third-order valence-corrected chi connectivity index (χ3v) is 4.94. The van der Waals surface area contributed by atoms with Gasteiger partial charge in [0.25, 0.3) is 0 Å². The molecule has 24 heavy (non-hydrogen) atoms. The van der Waals surface area contributed by atoms with E-state index in [-0.39, 0.29) is 6.03 Å². The van der Waals surface area contributed by atoms with E-state index in [1.54, 1.807) is 11.1 Å². The van der Waals surface area contributed by atoms with Crippen LogP contribution in [0.5, 0.6) is 0 Å². The van der Waals surface area contributed by atoms with Crippen molar-refractivity contribution in [3.8, 4) is 0 Å². The number of carbonyl (C=O) groups is 1. The standard InChI is InChI=1S/C17H22N4O2S/c1-13-11-18-16(24-13)19-17(23)21-9-7-20(8-10-21)12-15(22)14-5-3-2-4-6-14/h2-6,11,15,22H,7-10,12H2,1H3,(H,18,19,23)/t15-/m0/s1. The molecule has 2 aromatic rings. The number of thiazole rings is 1. The fraction of sp³-hybridized carbons (Fsp3) is 0.412. The zero-order chi connectivity index (χ0) is 16.9. The predicted octanol–water partition coefficient (Wildman–Crippen LogP) is 2.33. The third kappa shape index (κ3) is 4.31. The van der Waals surface area contributed by atoms with Gasteiger partial charge in [0, 0.05) is 43.8 Å². The monoisotopic (exact) mass is 346 g/mol. The number of amides is 2. The summed E-state index contributed by atoms with van der Waals surface area (Å²) in [4.78, 5) is 21.5. The van der Waals surface area contributed by atoms with Crippen LogP contribution in [0, 0.1) is 6.92 Å². The molecule has 2 heterocycles. The average molecular weight is 346 g/mol. The number of aliphatic hydroxyl groups excluding tert-OH is 1. The molecule has 3 rings (SSSR count). The van der Waals surface area contributed by atoms with E-state index in [9.17, 15) is 9.90 Å². The number of nitrogens with zero attached hydrogens (tertiary/aromatic N) is 3. The number of piperazine rings is 1. The second-order valence-corrected chi connectivity index (χ2v) is 7.16. The van der Waals surface area contributed by atoms with Gasteiger partial charge in [-0.05, 0) is 12.5 Å². The van der Waals surface area contributed by atoms with E-state index in [4.69, 9.17) is 0 Å². The van der Waals surface area contributed by atoms with Gasteiger partial charge in [-0.15, -0.1) is 11.3 Å². The number of benzene rings is 1. The van der Waals surface area contributed by atoms with Crippen molar-refractivity contribution in [2.75, 3.05) is 38.0 Å². The summed E-state index contributed by atoms with van der Waals surface area (Å²) in [7, 11) is 0. The molecule has 2 amide bonds. The van der Waals surface area contributed by atoms with Crippen molar-refractivity contribution in [2.24, 2.45) is 0 Å². The molecular weight excluding hydrogens is 324 g/mol. The molecule has 1 aromatic heterocycles. The molecule has 0 radical (unpaired) electrons. The molecule has 2 N–H and O–H groups in total. The number of nitrogens with one attached hydrogen (secondary N) is 1. The van der Waals surface area contributed by atoms with Crippen molar-refractivity contribution in [3.63, 3.8) is 0 Å². The summed E-state index contributed by atoms with van der Waals surface area (Å²) < 4.78 is 0. The van der Waals surface area contributed by atoms with Crippen LogP contribution in [0.1, 0.15) is 16.5 Å². The number of hydrogen-bond donors (Lipinski definition) is 2. The highest BCUT2D eigenvalue weighted by atomic mass is 32.1. The van der Waals surface area contributed by atoms with E-state index >= 15 is 0 Å². The average Bonchev–Trinajstić information content (AvgIpc) is 3.01. The Morgan fingerprint density at radius 2 is 2.00 bits per heavy atom. The number of aryl methyl sites for hydroxylation is 1. The molecule has 0 aliphatic carbocycles. The van der Waals surface area contributed by atoms with Gasteiger partial charge in [-0.3, -0.25) is 10.2 Å². The van der Waals surface area contributed by atoms with Crippen molar-refractivity contribution in [3.05, 3.63) is 47.0 Å². The van der Waals surface area contributed by atoms with Crippen LogP contribution in [0.4, 0.5) is 9.93 Å². The zero-order valence-electron chi connectivity index (χ0n) is 13.7. The van der Waals surface area contributed by atoms with Crippen LogP contribution in [0.15, 0.2) is 36.5 Å². The fourth-order valence-corrected chi connectivity index (χ4v) is 3.40. The molecule has 0 saturated carbocycles. The molecule has 6 nitrogen and oxygen atoms in total. The number of carbonyl (C=O) groups excluding carboxylic acids is 1. The molecule has 0 spiro atoms. The van der Waals surface area contributed by atoms with Crippen molar-refractivity contribution >= 4 is 22.5 Å². The maximum Gasteiger partial charge on any atom is 0.323 e. The molecule has 7 heteroatoms. The minimum Gasteiger partial charge on any atom is -0.387 e. The highest BCUT2D eigenvalue weighted by Crippen LogP contribution is 2.18. The van der Waals surface area contributed by atoms with Gasteiger partial charge in [-0.2, -0.15) is 0 Å². The van der Waals surface area contributed by atoms with Crippen molar-refractivity contribution in [1.82, 2.24) is 14.8 Å². The van der Waals surface area contributed by atoms with Crippen LogP contribution >= 0.6 is 11.3 Å². The number of rotatable bonds is 4. The maximum absolute atomic E-state index is 12.2. The van der Waals surface area contributed by atoms with Gasteiger partial charge in [0.05, 0.1) is 6.10 Å². The summed E-state index contributed by atoms with van der Waals surface area (Å²) in [6, 6.07) is 9.57. The molecule has 128 valence electrons. The van der Waals surface area contributed by atoms with E-state index in [2.05, 4.69) is 15.2 Å². The first-order chi connectivity index (χ1) is 11.6. The molecule has 1 aliphatic heterocycles. The van der Waals surface area contributed by atoms with E-state index in [0.717, 1.165) is 23.5 Å². The number of aromatic nitrogens is 1. The Morgan fingerprint density at radius 1 is 1.29 bits per heavy atom. The van der Waals surface area contributed by atoms with Gasteiger partial charge >= 0.3 is 6.03 Å². The molecule has 1 aliphatic rings. The first-order valence-electron chi connectivity index (χ1n) is 8.05. The summed E-state index contributed by atoms with van der Waals surface area (Å²) in [6.45, 7) is 5.37. The zero-order valence-corrected chi connectivity index (χ0v) is 14.5. The van der Waals surface area contributed by atoms with Gasteiger partial charge in [-0.25, -0.2) is 9.78 Å². The van der Waals surface area contributed by atoms with Crippen LogP contribution < -0.4 is 5.32 Å². The van der Waals surface area contributed by atoms with Crippen molar-refractivity contribution in [2.45, 2.75) is 13.0 Å². The number of urea groups is 1. The van der Waals surface area contributed by atoms with Gasteiger partial charge in [-0.1, -0.05) is 30.3 Å². The third-order valence-electron chi connectivity index (χ3n) is 4.11. The second kappa shape index (κ2) is 7.74. The van der Waals surface area contributed by atoms with E-state index < -0.39 is 6.10 Å². The molecule has 1 atom stereocenters. The van der Waals surface area contributed by atoms with Crippen LogP contribution in [0.2, 0.25) is 0 Å². The Kier molecular flexibility index (Phi) is 5.44. The Labute approximate surface area is 145 Å². The molecule has 1 fully saturated rings. The van der Waals surface area contributed by atoms with Crippen LogP contribution in [0.3, 0.4) is 0 Å². The molecular formula is C17H22N4O2S. The van der Waals surface area contributed by atoms with Crippen molar-refractivity contribution < 1.29 is 9.90 Å². The Bertz CT molecular complexity index is 668. The van der Waals surface area contributed by atoms with Crippen molar-refractivity contribution in [1.29, 1.82) is 0 Å². The normalized spacial score (nSPS) is 16.8. The summed E-state index contributed by atoms with van der Waals surface area (Å²) in [6.07, 6.45) is 1.26. The lowest BCUT2D eigenvalue weighted by Gasteiger charge is -2.35. The quantitative estimate of drug-likeness (QED) is 0.892. The topological polar surface area (TPSA) is 68.7 Å². The number of hydrogen-bond acceptors (Lipinski definition) is 5. The van der Waals surface area contributed by atoms with E-state index in [0.29, 0.717) is 24.8 Å². The lowest BCUT2D eigenvalue weighted by molar-refractivity contribution is 0.0831. The van der Waals surface area contributed by atoms with E-state index in [1.165, 1.54) is 11.3 Å². The van der Waals surface area contributed by atoms with Gasteiger partial charge in [0.15, 0.2) is 5.13 Å². The summed E-state index contributed by atoms with van der Waals surface area (Å²) >= 11 is 1.47. The molecule has 0 bridgehead atoms. The van der Waals surface area contributed by atoms with Crippen LogP contribution in [0.25, 0.3) is 0 Å². The Morgan fingerprint density at radius 3 is 2.62 bits per heavy atom. The minimum atomic E-state index is -0.495. The Balaban J connectivity index is 1.46. The van der Waals surface area contributed by atoms with Gasteiger partial charge in [0.2, 0.25) is 0 Å². The van der Waals surface area contributed by atoms with Gasteiger partial charge in [0.1, 0.15) is 0 Å². The number of β-amino-alcohol motifs (C(OH)–C–C–N with tert-alkyl or cyclic N) is 1. The largest absolute Gasteiger partial charge is 0.387 e. The first kappa shape index (κ1) is 16.9. The number of aliphatic hydroxyl groups is 1. The summed E-state index contributed by atoms with van der Waals surface area (Å²) in [5.74, 6) is 0. The van der Waals surface area contributed by atoms with Crippen LogP contribution in [-0.4, -0.2) is 58.6 Å². The predicted molar refractivity (Wildman–Crippen MR) is 95.3 cm³/mol. The Hall–Kier alpha value is -1.96. The summed E-state index contributed by atoms with van der Waals surface area (Å²) in [5, 5.41) is 13.8. The fourth-order valence-electron chi connectivity index (χ4n) is 2.74. The number of anilines is 1. The lowest BCUT2D eigenvalue weighted by Crippen LogP contribution is -2.50. The van der Waals surface area contributed by atoms with E-state index in [1.807, 2.05) is 37.3 Å². The SMILES string of the molecule is Cc1cnc(NC(=O)N2CCN(C[C@H](O)c3ccccc3)CC2)s1. The molecule has 1 saturated heterocycles.